The molecular formula is C23H30N4O2. The predicted octanol–water partition coefficient (Wildman–Crippen LogP) is 2.21. The third kappa shape index (κ3) is 4.61. The summed E-state index contributed by atoms with van der Waals surface area (Å²) in [6.07, 6.45) is 1.79. The average molecular weight is 395 g/mol. The van der Waals surface area contributed by atoms with Gasteiger partial charge in [0.1, 0.15) is 11.8 Å². The van der Waals surface area contributed by atoms with Gasteiger partial charge in [0.25, 0.3) is 0 Å². The Kier molecular flexibility index (Phi) is 6.13. The summed E-state index contributed by atoms with van der Waals surface area (Å²) < 4.78 is 0. The zero-order valence-corrected chi connectivity index (χ0v) is 16.9. The summed E-state index contributed by atoms with van der Waals surface area (Å²) in [6.45, 7) is 5.84. The number of likely N-dealkylation sites (tertiary alicyclic amines) is 1. The van der Waals surface area contributed by atoms with Crippen LogP contribution in [0.2, 0.25) is 0 Å². The quantitative estimate of drug-likeness (QED) is 0.604. The first-order chi connectivity index (χ1) is 14.1. The molecule has 2 heterocycles. The van der Waals surface area contributed by atoms with Crippen LogP contribution in [0.5, 0.6) is 5.75 Å². The highest BCUT2D eigenvalue weighted by atomic mass is 16.3. The molecule has 1 amide bonds. The number of phenols is 1. The lowest BCUT2D eigenvalue weighted by Crippen LogP contribution is -2.45. The van der Waals surface area contributed by atoms with Crippen LogP contribution in [-0.4, -0.2) is 48.1 Å². The first-order valence-electron chi connectivity index (χ1n) is 10.5. The largest absolute Gasteiger partial charge is 0.508 e. The van der Waals surface area contributed by atoms with Gasteiger partial charge in [0, 0.05) is 25.2 Å². The molecule has 2 fully saturated rings. The second kappa shape index (κ2) is 8.95. The summed E-state index contributed by atoms with van der Waals surface area (Å²) in [5, 5.41) is 13.1. The number of rotatable bonds is 6. The number of nitrogens with one attached hydrogen (secondary N) is 3. The number of carbonyl (C=O) groups is 1. The number of aryl methyl sites for hydroxylation is 1. The van der Waals surface area contributed by atoms with Gasteiger partial charge >= 0.3 is 0 Å². The minimum absolute atomic E-state index is 0.00470. The number of hydrogen-bond acceptors (Lipinski definition) is 5. The van der Waals surface area contributed by atoms with Gasteiger partial charge in [-0.05, 0) is 49.4 Å². The van der Waals surface area contributed by atoms with Crippen molar-refractivity contribution in [3.8, 4) is 5.75 Å². The number of benzene rings is 2. The summed E-state index contributed by atoms with van der Waals surface area (Å²) in [5.41, 5.74) is 9.82. The zero-order chi connectivity index (χ0) is 20.2. The van der Waals surface area contributed by atoms with E-state index < -0.39 is 0 Å². The highest BCUT2D eigenvalue weighted by Gasteiger charge is 2.31. The van der Waals surface area contributed by atoms with Crippen molar-refractivity contribution in [2.45, 2.75) is 37.8 Å². The lowest BCUT2D eigenvalue weighted by molar-refractivity contribution is -0.122. The fourth-order valence-electron chi connectivity index (χ4n) is 4.51. The highest BCUT2D eigenvalue weighted by Crippen LogP contribution is 2.30. The minimum Gasteiger partial charge on any atom is -0.508 e. The first kappa shape index (κ1) is 19.9. The molecule has 4 N–H and O–H groups in total. The van der Waals surface area contributed by atoms with Crippen molar-refractivity contribution in [3.63, 3.8) is 0 Å². The molecular weight excluding hydrogens is 364 g/mol. The van der Waals surface area contributed by atoms with Gasteiger partial charge in [-0.3, -0.25) is 4.79 Å². The molecule has 29 heavy (non-hydrogen) atoms. The van der Waals surface area contributed by atoms with E-state index >= 15 is 0 Å². The van der Waals surface area contributed by atoms with Gasteiger partial charge in [-0.2, -0.15) is 0 Å². The monoisotopic (exact) mass is 394 g/mol. The number of carbonyl (C=O) groups excluding carboxylic acids is 1. The Bertz CT molecular complexity index is 856. The fraction of sp³-hybridized carbons (Fsp3) is 0.435. The van der Waals surface area contributed by atoms with E-state index in [4.69, 9.17) is 0 Å². The van der Waals surface area contributed by atoms with E-state index in [0.717, 1.165) is 25.2 Å². The van der Waals surface area contributed by atoms with Gasteiger partial charge in [0.15, 0.2) is 0 Å². The van der Waals surface area contributed by atoms with Crippen molar-refractivity contribution in [2.75, 3.05) is 26.2 Å². The van der Waals surface area contributed by atoms with Crippen LogP contribution in [0.1, 0.15) is 41.5 Å². The Labute approximate surface area is 172 Å². The van der Waals surface area contributed by atoms with Crippen molar-refractivity contribution in [3.05, 3.63) is 65.2 Å². The van der Waals surface area contributed by atoms with Crippen LogP contribution >= 0.6 is 0 Å². The molecule has 0 aliphatic carbocycles. The Morgan fingerprint density at radius 3 is 2.69 bits per heavy atom. The van der Waals surface area contributed by atoms with Crippen molar-refractivity contribution in [1.82, 2.24) is 21.1 Å². The normalized spacial score (nSPS) is 24.7. The lowest BCUT2D eigenvalue weighted by Gasteiger charge is -2.18. The van der Waals surface area contributed by atoms with Crippen LogP contribution in [-0.2, 0) is 4.79 Å². The molecule has 2 saturated heterocycles. The van der Waals surface area contributed by atoms with Crippen molar-refractivity contribution < 1.29 is 9.90 Å². The SMILES string of the molecule is Cc1ccccc1C1CCN(CCNC(=O)C2CC(c3ccccc3O)NN2)C1. The van der Waals surface area contributed by atoms with E-state index in [2.05, 4.69) is 52.3 Å². The van der Waals surface area contributed by atoms with E-state index in [0.29, 0.717) is 18.9 Å². The van der Waals surface area contributed by atoms with E-state index in [1.165, 1.54) is 17.5 Å². The second-order valence-electron chi connectivity index (χ2n) is 8.12. The maximum absolute atomic E-state index is 12.5. The van der Waals surface area contributed by atoms with Crippen LogP contribution < -0.4 is 16.2 Å². The molecule has 0 radical (unpaired) electrons. The van der Waals surface area contributed by atoms with Gasteiger partial charge in [0.05, 0.1) is 6.04 Å². The topological polar surface area (TPSA) is 76.6 Å². The van der Waals surface area contributed by atoms with Gasteiger partial charge in [-0.15, -0.1) is 0 Å². The number of phenolic OH excluding ortho intramolecular Hbond substituents is 1. The molecule has 4 rings (SSSR count). The van der Waals surface area contributed by atoms with Crippen LogP contribution in [0.25, 0.3) is 0 Å². The van der Waals surface area contributed by atoms with Crippen molar-refractivity contribution >= 4 is 5.91 Å². The average Bonchev–Trinajstić information content (AvgIpc) is 3.39. The number of amides is 1. The molecule has 3 atom stereocenters. The van der Waals surface area contributed by atoms with Gasteiger partial charge in [0.2, 0.25) is 5.91 Å². The van der Waals surface area contributed by atoms with Gasteiger partial charge in [-0.25, -0.2) is 10.9 Å². The summed E-state index contributed by atoms with van der Waals surface area (Å²) in [6, 6.07) is 15.5. The molecule has 2 aromatic carbocycles. The summed E-state index contributed by atoms with van der Waals surface area (Å²) >= 11 is 0. The number of nitrogens with zero attached hydrogens (tertiary/aromatic N) is 1. The van der Waals surface area contributed by atoms with E-state index in [-0.39, 0.29) is 23.7 Å². The first-order valence-corrected chi connectivity index (χ1v) is 10.5. The maximum atomic E-state index is 12.5. The number of aromatic hydroxyl groups is 1. The molecule has 0 aromatic heterocycles. The molecule has 154 valence electrons. The Hall–Kier alpha value is -2.41. The summed E-state index contributed by atoms with van der Waals surface area (Å²) in [5.74, 6) is 0.849. The third-order valence-electron chi connectivity index (χ3n) is 6.16. The molecule has 6 nitrogen and oxygen atoms in total. The van der Waals surface area contributed by atoms with Crippen molar-refractivity contribution in [1.29, 1.82) is 0 Å². The molecule has 0 bridgehead atoms. The van der Waals surface area contributed by atoms with Crippen molar-refractivity contribution in [2.24, 2.45) is 0 Å². The zero-order valence-electron chi connectivity index (χ0n) is 16.9. The standard InChI is InChI=1S/C23H30N4O2/c1-16-6-2-3-7-18(16)17-10-12-27(15-17)13-11-24-23(29)21-14-20(25-26-21)19-8-4-5-9-22(19)28/h2-9,17,20-21,25-26,28H,10-15H2,1H3,(H,24,29). The molecule has 2 aliphatic heterocycles. The molecule has 0 spiro atoms. The smallest absolute Gasteiger partial charge is 0.238 e. The molecule has 3 unspecified atom stereocenters. The Balaban J connectivity index is 1.21. The Morgan fingerprint density at radius 2 is 1.90 bits per heavy atom. The molecule has 0 saturated carbocycles. The van der Waals surface area contributed by atoms with Crippen LogP contribution in [0.15, 0.2) is 48.5 Å². The van der Waals surface area contributed by atoms with E-state index in [1.54, 1.807) is 12.1 Å². The van der Waals surface area contributed by atoms with E-state index in [9.17, 15) is 9.90 Å². The summed E-state index contributed by atoms with van der Waals surface area (Å²) in [7, 11) is 0. The van der Waals surface area contributed by atoms with Gasteiger partial charge in [-0.1, -0.05) is 42.5 Å². The minimum atomic E-state index is -0.294. The summed E-state index contributed by atoms with van der Waals surface area (Å²) in [4.78, 5) is 14.9. The maximum Gasteiger partial charge on any atom is 0.238 e. The third-order valence-corrected chi connectivity index (χ3v) is 6.16. The molecule has 6 heteroatoms. The van der Waals surface area contributed by atoms with E-state index in [1.807, 2.05) is 12.1 Å². The lowest BCUT2D eigenvalue weighted by atomic mass is 9.94. The van der Waals surface area contributed by atoms with Gasteiger partial charge < -0.3 is 15.3 Å². The fourth-order valence-corrected chi connectivity index (χ4v) is 4.51. The van der Waals surface area contributed by atoms with Crippen LogP contribution in [0.3, 0.4) is 0 Å². The molecule has 2 aromatic rings. The van der Waals surface area contributed by atoms with Crippen LogP contribution in [0.4, 0.5) is 0 Å². The molecule has 2 aliphatic rings. The second-order valence-corrected chi connectivity index (χ2v) is 8.12. The predicted molar refractivity (Wildman–Crippen MR) is 114 cm³/mol. The number of para-hydroxylation sites is 1. The number of hydrogen-bond donors (Lipinski definition) is 4. The number of hydrazine groups is 1. The van der Waals surface area contributed by atoms with Crippen LogP contribution in [0, 0.1) is 6.92 Å². The highest BCUT2D eigenvalue weighted by molar-refractivity contribution is 5.82. The Morgan fingerprint density at radius 1 is 1.14 bits per heavy atom.